The first kappa shape index (κ1) is 11.8. The maximum Gasteiger partial charge on any atom is 0.213 e. The van der Waals surface area contributed by atoms with E-state index in [4.69, 9.17) is 0 Å². The van der Waals surface area contributed by atoms with Crippen molar-refractivity contribution in [2.45, 2.75) is 19.9 Å². The van der Waals surface area contributed by atoms with Crippen molar-refractivity contribution in [2.75, 3.05) is 6.54 Å². The van der Waals surface area contributed by atoms with Crippen LogP contribution in [0.25, 0.3) is 0 Å². The molecule has 0 unspecified atom stereocenters. The van der Waals surface area contributed by atoms with E-state index in [-0.39, 0.29) is 0 Å². The fourth-order valence-electron chi connectivity index (χ4n) is 1.32. The van der Waals surface area contributed by atoms with Crippen molar-refractivity contribution >= 4 is 27.3 Å². The number of thiophene rings is 1. The van der Waals surface area contributed by atoms with Crippen LogP contribution >= 0.6 is 27.3 Å². The van der Waals surface area contributed by atoms with Gasteiger partial charge in [-0.25, -0.2) is 0 Å². The quantitative estimate of drug-likeness (QED) is 0.862. The van der Waals surface area contributed by atoms with Crippen molar-refractivity contribution < 1.29 is 4.52 Å². The summed E-state index contributed by atoms with van der Waals surface area (Å²) in [6, 6.07) is 2.15. The average molecular weight is 302 g/mol. The molecule has 6 heteroatoms. The third-order valence-electron chi connectivity index (χ3n) is 2.14. The summed E-state index contributed by atoms with van der Waals surface area (Å²) in [6.07, 6.45) is 2.15. The van der Waals surface area contributed by atoms with Gasteiger partial charge in [-0.15, -0.1) is 11.3 Å². The number of aryl methyl sites for hydroxylation is 1. The molecule has 2 aromatic heterocycles. The Hall–Kier alpha value is -0.720. The zero-order valence-electron chi connectivity index (χ0n) is 8.86. The van der Waals surface area contributed by atoms with E-state index >= 15 is 0 Å². The highest BCUT2D eigenvalue weighted by atomic mass is 79.9. The van der Waals surface area contributed by atoms with Gasteiger partial charge in [0.2, 0.25) is 6.39 Å². The van der Waals surface area contributed by atoms with E-state index in [1.165, 1.54) is 20.6 Å². The van der Waals surface area contributed by atoms with Gasteiger partial charge in [-0.05, 0) is 28.9 Å². The van der Waals surface area contributed by atoms with Gasteiger partial charge in [0.05, 0.1) is 0 Å². The lowest BCUT2D eigenvalue weighted by atomic mass is 10.4. The van der Waals surface area contributed by atoms with E-state index in [1.54, 1.807) is 11.3 Å². The molecule has 86 valence electrons. The first-order chi connectivity index (χ1) is 7.75. The molecule has 0 radical (unpaired) electrons. The summed E-state index contributed by atoms with van der Waals surface area (Å²) in [6.45, 7) is 3.85. The number of nitrogens with zero attached hydrogens (tertiary/aromatic N) is 2. The Kier molecular flexibility index (Phi) is 4.09. The molecule has 0 aromatic carbocycles. The van der Waals surface area contributed by atoms with Crippen LogP contribution in [-0.2, 0) is 13.0 Å². The van der Waals surface area contributed by atoms with Crippen LogP contribution in [0, 0.1) is 6.92 Å². The molecule has 2 aromatic rings. The standard InChI is InChI=1S/C10H12BrN3OS/c1-7-9(11)4-8(16-7)5-12-3-2-10-13-6-15-14-10/h4,6,12H,2-3,5H2,1H3. The number of nitrogens with one attached hydrogen (secondary N) is 1. The molecule has 1 N–H and O–H groups in total. The molecule has 4 nitrogen and oxygen atoms in total. The Labute approximate surface area is 106 Å². The Morgan fingerprint density at radius 2 is 2.44 bits per heavy atom. The Balaban J connectivity index is 1.72. The number of hydrogen-bond acceptors (Lipinski definition) is 5. The third-order valence-corrected chi connectivity index (χ3v) is 4.28. The summed E-state index contributed by atoms with van der Waals surface area (Å²) in [5.74, 6) is 0.746. The maximum absolute atomic E-state index is 4.66. The Morgan fingerprint density at radius 3 is 3.06 bits per heavy atom. The van der Waals surface area contributed by atoms with E-state index in [9.17, 15) is 0 Å². The molecule has 0 aliphatic rings. The minimum absolute atomic E-state index is 0.746. The van der Waals surface area contributed by atoms with Crippen molar-refractivity contribution in [3.63, 3.8) is 0 Å². The highest BCUT2D eigenvalue weighted by molar-refractivity contribution is 9.10. The molecular weight excluding hydrogens is 290 g/mol. The molecule has 16 heavy (non-hydrogen) atoms. The molecule has 0 saturated heterocycles. The first-order valence-electron chi connectivity index (χ1n) is 4.96. The molecule has 0 atom stereocenters. The summed E-state index contributed by atoms with van der Waals surface area (Å²) in [7, 11) is 0. The van der Waals surface area contributed by atoms with Crippen molar-refractivity contribution in [2.24, 2.45) is 0 Å². The monoisotopic (exact) mass is 301 g/mol. The molecule has 2 heterocycles. The average Bonchev–Trinajstić information content (AvgIpc) is 2.85. The number of rotatable bonds is 5. The third kappa shape index (κ3) is 3.13. The van der Waals surface area contributed by atoms with Gasteiger partial charge in [0.15, 0.2) is 5.82 Å². The van der Waals surface area contributed by atoms with Crippen molar-refractivity contribution in [1.29, 1.82) is 0 Å². The number of hydrogen-bond donors (Lipinski definition) is 1. The number of aromatic nitrogens is 2. The summed E-state index contributed by atoms with van der Waals surface area (Å²) < 4.78 is 5.84. The normalized spacial score (nSPS) is 10.9. The second kappa shape index (κ2) is 5.56. The van der Waals surface area contributed by atoms with Gasteiger partial charge >= 0.3 is 0 Å². The van der Waals surface area contributed by atoms with E-state index in [1.807, 2.05) is 0 Å². The predicted octanol–water partition coefficient (Wildman–Crippen LogP) is 2.53. The topological polar surface area (TPSA) is 51.0 Å². The van der Waals surface area contributed by atoms with Gasteiger partial charge in [-0.2, -0.15) is 4.98 Å². The van der Waals surface area contributed by atoms with Gasteiger partial charge in [-0.3, -0.25) is 0 Å². The molecule has 0 amide bonds. The van der Waals surface area contributed by atoms with Crippen LogP contribution < -0.4 is 5.32 Å². The molecule has 0 spiro atoms. The fraction of sp³-hybridized carbons (Fsp3) is 0.400. The highest BCUT2D eigenvalue weighted by Gasteiger charge is 2.02. The SMILES string of the molecule is Cc1sc(CNCCc2ncon2)cc1Br. The minimum Gasteiger partial charge on any atom is -0.343 e. The molecule has 0 bridgehead atoms. The van der Waals surface area contributed by atoms with Gasteiger partial charge in [0.1, 0.15) is 0 Å². The largest absolute Gasteiger partial charge is 0.343 e. The van der Waals surface area contributed by atoms with Crippen LogP contribution in [0.3, 0.4) is 0 Å². The van der Waals surface area contributed by atoms with Gasteiger partial charge < -0.3 is 9.84 Å². The van der Waals surface area contributed by atoms with Gasteiger partial charge in [0.25, 0.3) is 0 Å². The van der Waals surface area contributed by atoms with E-state index in [0.717, 1.165) is 25.3 Å². The molecule has 0 aliphatic heterocycles. The van der Waals surface area contributed by atoms with Crippen LogP contribution in [0.15, 0.2) is 21.5 Å². The molecule has 0 saturated carbocycles. The lowest BCUT2D eigenvalue weighted by molar-refractivity contribution is 0.409. The summed E-state index contributed by atoms with van der Waals surface area (Å²) >= 11 is 5.31. The van der Waals surface area contributed by atoms with Crippen LogP contribution in [0.1, 0.15) is 15.6 Å². The fourth-order valence-corrected chi connectivity index (χ4v) is 2.89. The van der Waals surface area contributed by atoms with Crippen LogP contribution in [0.2, 0.25) is 0 Å². The highest BCUT2D eigenvalue weighted by Crippen LogP contribution is 2.25. The Bertz CT molecular complexity index is 421. The molecule has 0 aliphatic carbocycles. The van der Waals surface area contributed by atoms with Gasteiger partial charge in [-0.1, -0.05) is 5.16 Å². The van der Waals surface area contributed by atoms with Crippen molar-refractivity contribution in [3.05, 3.63) is 32.5 Å². The van der Waals surface area contributed by atoms with E-state index in [0.29, 0.717) is 0 Å². The van der Waals surface area contributed by atoms with Crippen LogP contribution in [0.5, 0.6) is 0 Å². The first-order valence-corrected chi connectivity index (χ1v) is 6.57. The van der Waals surface area contributed by atoms with Crippen molar-refractivity contribution in [1.82, 2.24) is 15.5 Å². The second-order valence-electron chi connectivity index (χ2n) is 3.39. The molecule has 0 fully saturated rings. The summed E-state index contributed by atoms with van der Waals surface area (Å²) in [5.41, 5.74) is 0. The molecule has 2 rings (SSSR count). The number of halogens is 1. The smallest absolute Gasteiger partial charge is 0.213 e. The zero-order chi connectivity index (χ0) is 11.4. The maximum atomic E-state index is 4.66. The van der Waals surface area contributed by atoms with Crippen LogP contribution in [0.4, 0.5) is 0 Å². The summed E-state index contributed by atoms with van der Waals surface area (Å²) in [5, 5.41) is 7.10. The summed E-state index contributed by atoms with van der Waals surface area (Å²) in [4.78, 5) is 6.60. The zero-order valence-corrected chi connectivity index (χ0v) is 11.3. The van der Waals surface area contributed by atoms with Crippen LogP contribution in [-0.4, -0.2) is 16.7 Å². The van der Waals surface area contributed by atoms with Gasteiger partial charge in [0, 0.05) is 33.7 Å². The van der Waals surface area contributed by atoms with Crippen molar-refractivity contribution in [3.8, 4) is 0 Å². The predicted molar refractivity (Wildman–Crippen MR) is 66.5 cm³/mol. The second-order valence-corrected chi connectivity index (χ2v) is 5.59. The van der Waals surface area contributed by atoms with E-state index in [2.05, 4.69) is 48.9 Å². The van der Waals surface area contributed by atoms with E-state index < -0.39 is 0 Å². The lowest BCUT2D eigenvalue weighted by Gasteiger charge is -1.99. The lowest BCUT2D eigenvalue weighted by Crippen LogP contribution is -2.16. The Morgan fingerprint density at radius 1 is 1.56 bits per heavy atom. The minimum atomic E-state index is 0.746. The molecular formula is C10H12BrN3OS.